The molecule has 2 N–H and O–H groups in total. The summed E-state index contributed by atoms with van der Waals surface area (Å²) in [5, 5.41) is 3.08. The third-order valence-corrected chi connectivity index (χ3v) is 5.29. The van der Waals surface area contributed by atoms with E-state index in [2.05, 4.69) is 17.0 Å². The molecule has 5 heteroatoms. The lowest BCUT2D eigenvalue weighted by Gasteiger charge is -2.07. The summed E-state index contributed by atoms with van der Waals surface area (Å²) in [6, 6.07) is 7.32. The van der Waals surface area contributed by atoms with Crippen molar-refractivity contribution in [1.82, 2.24) is 10.0 Å². The first kappa shape index (κ1) is 15.5. The Bertz CT molecular complexity index is 525. The molecule has 1 saturated carbocycles. The molecule has 0 amide bonds. The molecule has 1 aromatic rings. The molecular weight excluding hydrogens is 272 g/mol. The fourth-order valence-electron chi connectivity index (χ4n) is 2.45. The van der Waals surface area contributed by atoms with E-state index in [1.165, 1.54) is 0 Å². The van der Waals surface area contributed by atoms with Gasteiger partial charge in [-0.05, 0) is 56.5 Å². The molecule has 1 fully saturated rings. The quantitative estimate of drug-likeness (QED) is 0.770. The van der Waals surface area contributed by atoms with Gasteiger partial charge in [0.15, 0.2) is 0 Å². The summed E-state index contributed by atoms with van der Waals surface area (Å²) in [4.78, 5) is 0.368. The Kier molecular flexibility index (Phi) is 5.18. The summed E-state index contributed by atoms with van der Waals surface area (Å²) >= 11 is 0. The van der Waals surface area contributed by atoms with Crippen molar-refractivity contribution in [2.45, 2.75) is 43.5 Å². The first-order valence-corrected chi connectivity index (χ1v) is 8.81. The average Bonchev–Trinajstić information content (AvgIpc) is 3.14. The van der Waals surface area contributed by atoms with Crippen LogP contribution in [0.3, 0.4) is 0 Å². The highest BCUT2D eigenvalue weighted by atomic mass is 32.2. The minimum atomic E-state index is -3.35. The largest absolute Gasteiger partial charge is 0.319 e. The predicted molar refractivity (Wildman–Crippen MR) is 81.2 cm³/mol. The van der Waals surface area contributed by atoms with Crippen LogP contribution in [-0.4, -0.2) is 28.1 Å². The number of hydrogen-bond acceptors (Lipinski definition) is 3. The van der Waals surface area contributed by atoms with Gasteiger partial charge in [-0.15, -0.1) is 0 Å². The van der Waals surface area contributed by atoms with Gasteiger partial charge in [-0.2, -0.15) is 0 Å². The molecule has 0 radical (unpaired) electrons. The average molecular weight is 296 g/mol. The van der Waals surface area contributed by atoms with Gasteiger partial charge < -0.3 is 5.32 Å². The van der Waals surface area contributed by atoms with E-state index in [0.29, 0.717) is 10.8 Å². The Morgan fingerprint density at radius 2 is 1.95 bits per heavy atom. The van der Waals surface area contributed by atoms with Crippen molar-refractivity contribution >= 4 is 10.0 Å². The topological polar surface area (TPSA) is 58.2 Å². The van der Waals surface area contributed by atoms with Crippen molar-refractivity contribution in [2.75, 3.05) is 13.6 Å². The molecule has 0 bridgehead atoms. The van der Waals surface area contributed by atoms with Crippen molar-refractivity contribution in [2.24, 2.45) is 5.92 Å². The maximum atomic E-state index is 12.2. The highest BCUT2D eigenvalue weighted by Gasteiger charge is 2.39. The second kappa shape index (κ2) is 6.70. The van der Waals surface area contributed by atoms with Gasteiger partial charge in [-0.3, -0.25) is 0 Å². The van der Waals surface area contributed by atoms with Gasteiger partial charge in [0, 0.05) is 6.04 Å². The third kappa shape index (κ3) is 4.04. The van der Waals surface area contributed by atoms with Gasteiger partial charge >= 0.3 is 0 Å². The van der Waals surface area contributed by atoms with Gasteiger partial charge in [0.05, 0.1) is 4.90 Å². The summed E-state index contributed by atoms with van der Waals surface area (Å²) in [5.41, 5.74) is 1.15. The first-order chi connectivity index (χ1) is 9.56. The number of nitrogens with one attached hydrogen (secondary N) is 2. The maximum Gasteiger partial charge on any atom is 0.240 e. The van der Waals surface area contributed by atoms with Crippen molar-refractivity contribution < 1.29 is 8.42 Å². The van der Waals surface area contributed by atoms with E-state index in [-0.39, 0.29) is 6.04 Å². The Morgan fingerprint density at radius 1 is 1.25 bits per heavy atom. The van der Waals surface area contributed by atoms with Crippen LogP contribution >= 0.6 is 0 Å². The molecule has 0 heterocycles. The highest BCUT2D eigenvalue weighted by Crippen LogP contribution is 2.35. The lowest BCUT2D eigenvalue weighted by molar-refractivity contribution is 0.573. The van der Waals surface area contributed by atoms with Gasteiger partial charge in [-0.1, -0.05) is 25.5 Å². The van der Waals surface area contributed by atoms with Gasteiger partial charge in [-0.25, -0.2) is 13.1 Å². The Morgan fingerprint density at radius 3 is 2.55 bits per heavy atom. The van der Waals surface area contributed by atoms with Gasteiger partial charge in [0.2, 0.25) is 10.0 Å². The van der Waals surface area contributed by atoms with Crippen LogP contribution in [0.15, 0.2) is 29.2 Å². The van der Waals surface area contributed by atoms with Crippen LogP contribution < -0.4 is 10.0 Å². The zero-order valence-electron chi connectivity index (χ0n) is 12.2. The molecule has 0 aliphatic heterocycles. The molecule has 1 aliphatic rings. The van der Waals surface area contributed by atoms with Crippen molar-refractivity contribution in [3.8, 4) is 0 Å². The molecule has 1 aromatic carbocycles. The van der Waals surface area contributed by atoms with Crippen LogP contribution in [0.25, 0.3) is 0 Å². The van der Waals surface area contributed by atoms with Crippen LogP contribution in [-0.2, 0) is 16.4 Å². The minimum Gasteiger partial charge on any atom is -0.319 e. The molecule has 0 aromatic heterocycles. The lowest BCUT2D eigenvalue weighted by atomic mass is 10.1. The number of rotatable bonds is 8. The van der Waals surface area contributed by atoms with E-state index in [9.17, 15) is 8.42 Å². The van der Waals surface area contributed by atoms with Gasteiger partial charge in [0.1, 0.15) is 0 Å². The normalized spacial score (nSPS) is 21.9. The second-order valence-electron chi connectivity index (χ2n) is 5.51. The van der Waals surface area contributed by atoms with E-state index in [4.69, 9.17) is 0 Å². The fourth-order valence-corrected chi connectivity index (χ4v) is 3.77. The summed E-state index contributed by atoms with van der Waals surface area (Å²) in [6.45, 7) is 3.03. The summed E-state index contributed by atoms with van der Waals surface area (Å²) in [5.74, 6) is 0.532. The zero-order valence-corrected chi connectivity index (χ0v) is 13.0. The summed E-state index contributed by atoms with van der Waals surface area (Å²) < 4.78 is 27.3. The molecule has 112 valence electrons. The van der Waals surface area contributed by atoms with Crippen molar-refractivity contribution in [1.29, 1.82) is 0 Å². The minimum absolute atomic E-state index is 0.143. The van der Waals surface area contributed by atoms with Crippen molar-refractivity contribution in [3.05, 3.63) is 29.8 Å². The Labute approximate surface area is 122 Å². The molecule has 20 heavy (non-hydrogen) atoms. The Balaban J connectivity index is 1.96. The first-order valence-electron chi connectivity index (χ1n) is 7.32. The molecular formula is C15H24N2O2S. The third-order valence-electron chi connectivity index (χ3n) is 3.79. The van der Waals surface area contributed by atoms with Gasteiger partial charge in [0.25, 0.3) is 0 Å². The van der Waals surface area contributed by atoms with Crippen LogP contribution in [0.1, 0.15) is 31.7 Å². The number of sulfonamides is 1. The predicted octanol–water partition coefficient (Wildman–Crippen LogP) is 1.92. The maximum absolute atomic E-state index is 12.2. The molecule has 2 rings (SSSR count). The zero-order chi connectivity index (χ0) is 14.6. The van der Waals surface area contributed by atoms with E-state index >= 15 is 0 Å². The standard InChI is InChI=1S/C15H24N2O2S/c1-3-4-13-11-15(13)17-20(18,19)14-7-5-12(6-8-14)9-10-16-2/h5-8,13,15-17H,3-4,9-11H2,1-2H3. The SMILES string of the molecule is CCCC1CC1NS(=O)(=O)c1ccc(CCNC)cc1. The molecule has 1 aliphatic carbocycles. The second-order valence-corrected chi connectivity index (χ2v) is 7.22. The monoisotopic (exact) mass is 296 g/mol. The van der Waals surface area contributed by atoms with Crippen LogP contribution in [0.4, 0.5) is 0 Å². The summed E-state index contributed by atoms with van der Waals surface area (Å²) in [7, 11) is -1.44. The number of hydrogen-bond donors (Lipinski definition) is 2. The smallest absolute Gasteiger partial charge is 0.240 e. The van der Waals surface area contributed by atoms with E-state index in [1.54, 1.807) is 12.1 Å². The fraction of sp³-hybridized carbons (Fsp3) is 0.600. The highest BCUT2D eigenvalue weighted by molar-refractivity contribution is 7.89. The van der Waals surface area contributed by atoms with E-state index in [1.807, 2.05) is 19.2 Å². The number of benzene rings is 1. The van der Waals surface area contributed by atoms with Crippen LogP contribution in [0, 0.1) is 5.92 Å². The van der Waals surface area contributed by atoms with E-state index < -0.39 is 10.0 Å². The van der Waals surface area contributed by atoms with Crippen molar-refractivity contribution in [3.63, 3.8) is 0 Å². The Hall–Kier alpha value is -0.910. The molecule has 0 spiro atoms. The lowest BCUT2D eigenvalue weighted by Crippen LogP contribution is -2.27. The molecule has 0 saturated heterocycles. The number of likely N-dealkylation sites (N-methyl/N-ethyl adjacent to an activating group) is 1. The van der Waals surface area contributed by atoms with E-state index in [0.717, 1.165) is 37.8 Å². The molecule has 2 atom stereocenters. The van der Waals surface area contributed by atoms with Crippen LogP contribution in [0.5, 0.6) is 0 Å². The molecule has 2 unspecified atom stereocenters. The summed E-state index contributed by atoms with van der Waals surface area (Å²) in [6.07, 6.45) is 4.11. The molecule has 4 nitrogen and oxygen atoms in total. The van der Waals surface area contributed by atoms with Crippen LogP contribution in [0.2, 0.25) is 0 Å².